The van der Waals surface area contributed by atoms with Gasteiger partial charge in [0.2, 0.25) is 5.91 Å². The first-order valence-corrected chi connectivity index (χ1v) is 9.11. The van der Waals surface area contributed by atoms with Crippen LogP contribution in [0.3, 0.4) is 0 Å². The average Bonchev–Trinajstić information content (AvgIpc) is 2.93. The van der Waals surface area contributed by atoms with Gasteiger partial charge in [0.05, 0.1) is 5.75 Å². The van der Waals surface area contributed by atoms with Crippen LogP contribution in [-0.4, -0.2) is 44.4 Å². The van der Waals surface area contributed by atoms with Crippen molar-refractivity contribution in [3.8, 4) is 0 Å². The third-order valence-corrected chi connectivity index (χ3v) is 5.52. The second kappa shape index (κ2) is 7.31. The third-order valence-electron chi connectivity index (χ3n) is 4.16. The summed E-state index contributed by atoms with van der Waals surface area (Å²) >= 11 is 6.77. The molecule has 3 rings (SSSR count). The van der Waals surface area contributed by atoms with Gasteiger partial charge in [-0.25, -0.2) is 0 Å². The molecule has 1 fully saturated rings. The monoisotopic (exact) mass is 348 g/mol. The Labute approximate surface area is 145 Å². The Hall–Kier alpha value is -1.60. The number of thioether (sulfide) groups is 1. The first-order chi connectivity index (χ1) is 11.1. The van der Waals surface area contributed by atoms with Crippen molar-refractivity contribution in [2.75, 3.05) is 18.8 Å². The SMILES string of the molecule is Cn1c(C2CCCN(C(=O)CSc3ccccc3)C2)n[nH]c1=S. The third kappa shape index (κ3) is 3.84. The van der Waals surface area contributed by atoms with Crippen LogP contribution in [-0.2, 0) is 11.8 Å². The number of aromatic amines is 1. The summed E-state index contributed by atoms with van der Waals surface area (Å²) in [5.74, 6) is 1.88. The molecule has 1 aromatic carbocycles. The number of likely N-dealkylation sites (tertiary alicyclic amines) is 1. The molecule has 1 amide bonds. The van der Waals surface area contributed by atoms with Crippen LogP contribution >= 0.6 is 24.0 Å². The molecule has 1 atom stereocenters. The van der Waals surface area contributed by atoms with E-state index in [9.17, 15) is 4.79 Å². The van der Waals surface area contributed by atoms with Gasteiger partial charge in [-0.05, 0) is 37.2 Å². The van der Waals surface area contributed by atoms with Gasteiger partial charge in [0.1, 0.15) is 5.82 Å². The highest BCUT2D eigenvalue weighted by molar-refractivity contribution is 8.00. The minimum Gasteiger partial charge on any atom is -0.341 e. The highest BCUT2D eigenvalue weighted by Gasteiger charge is 2.27. The number of H-pyrrole nitrogens is 1. The molecule has 0 aliphatic carbocycles. The summed E-state index contributed by atoms with van der Waals surface area (Å²) < 4.78 is 2.54. The minimum absolute atomic E-state index is 0.195. The number of carbonyl (C=O) groups is 1. The second-order valence-electron chi connectivity index (χ2n) is 5.73. The van der Waals surface area contributed by atoms with E-state index in [0.29, 0.717) is 10.5 Å². The van der Waals surface area contributed by atoms with Crippen LogP contribution in [0, 0.1) is 4.77 Å². The second-order valence-corrected chi connectivity index (χ2v) is 7.16. The van der Waals surface area contributed by atoms with Gasteiger partial charge < -0.3 is 9.47 Å². The fourth-order valence-corrected chi connectivity index (χ4v) is 3.85. The average molecular weight is 348 g/mol. The number of piperidine rings is 1. The zero-order chi connectivity index (χ0) is 16.2. The van der Waals surface area contributed by atoms with Crippen molar-refractivity contribution in [1.82, 2.24) is 19.7 Å². The van der Waals surface area contributed by atoms with Gasteiger partial charge in [-0.15, -0.1) is 11.8 Å². The molecule has 0 saturated carbocycles. The normalized spacial score (nSPS) is 18.1. The summed E-state index contributed by atoms with van der Waals surface area (Å²) in [6.45, 7) is 1.56. The number of aromatic nitrogens is 3. The summed E-state index contributed by atoms with van der Waals surface area (Å²) in [6.07, 6.45) is 2.05. The van der Waals surface area contributed by atoms with Crippen molar-refractivity contribution in [2.24, 2.45) is 7.05 Å². The van der Waals surface area contributed by atoms with E-state index in [1.54, 1.807) is 11.8 Å². The van der Waals surface area contributed by atoms with Crippen molar-refractivity contribution in [3.63, 3.8) is 0 Å². The largest absolute Gasteiger partial charge is 0.341 e. The zero-order valence-corrected chi connectivity index (χ0v) is 14.7. The van der Waals surface area contributed by atoms with Crippen molar-refractivity contribution >= 4 is 29.9 Å². The number of rotatable bonds is 4. The number of carbonyl (C=O) groups excluding carboxylic acids is 1. The standard InChI is InChI=1S/C16H20N4OS2/c1-19-15(17-18-16(19)22)12-6-5-9-20(10-12)14(21)11-23-13-7-3-2-4-8-13/h2-4,7-8,12H,5-6,9-11H2,1H3,(H,18,22). The summed E-state index contributed by atoms with van der Waals surface area (Å²) in [7, 11) is 1.92. The van der Waals surface area contributed by atoms with Crippen LogP contribution in [0.4, 0.5) is 0 Å². The molecule has 2 aromatic rings. The Balaban J connectivity index is 1.60. The van der Waals surface area contributed by atoms with E-state index in [0.717, 1.165) is 36.7 Å². The van der Waals surface area contributed by atoms with Gasteiger partial charge in [0.25, 0.3) is 0 Å². The van der Waals surface area contributed by atoms with Crippen LogP contribution < -0.4 is 0 Å². The van der Waals surface area contributed by atoms with Crippen LogP contribution in [0.5, 0.6) is 0 Å². The maximum Gasteiger partial charge on any atom is 0.232 e. The highest BCUT2D eigenvalue weighted by Crippen LogP contribution is 2.26. The minimum atomic E-state index is 0.195. The molecule has 122 valence electrons. The molecule has 1 aliphatic heterocycles. The van der Waals surface area contributed by atoms with Crippen molar-refractivity contribution in [1.29, 1.82) is 0 Å². The van der Waals surface area contributed by atoms with E-state index in [2.05, 4.69) is 10.2 Å². The maximum absolute atomic E-state index is 12.5. The molecule has 5 nitrogen and oxygen atoms in total. The Bertz CT molecular complexity index is 725. The molecule has 1 saturated heterocycles. The molecule has 2 heterocycles. The number of benzene rings is 1. The van der Waals surface area contributed by atoms with Gasteiger partial charge in [0, 0.05) is 31.0 Å². The van der Waals surface area contributed by atoms with Gasteiger partial charge in [-0.1, -0.05) is 18.2 Å². The zero-order valence-electron chi connectivity index (χ0n) is 13.1. The van der Waals surface area contributed by atoms with Crippen LogP contribution in [0.15, 0.2) is 35.2 Å². The molecule has 1 aromatic heterocycles. The Kier molecular flexibility index (Phi) is 5.17. The lowest BCUT2D eigenvalue weighted by molar-refractivity contribution is -0.129. The summed E-state index contributed by atoms with van der Waals surface area (Å²) in [5, 5.41) is 7.16. The molecular formula is C16H20N4OS2. The first-order valence-electron chi connectivity index (χ1n) is 7.72. The Morgan fingerprint density at radius 2 is 2.22 bits per heavy atom. The molecule has 7 heteroatoms. The topological polar surface area (TPSA) is 53.9 Å². The fraction of sp³-hybridized carbons (Fsp3) is 0.438. The van der Waals surface area contributed by atoms with E-state index in [1.807, 2.05) is 46.8 Å². The molecule has 0 spiro atoms. The van der Waals surface area contributed by atoms with Gasteiger partial charge in [-0.2, -0.15) is 5.10 Å². The molecule has 1 N–H and O–H groups in total. The van der Waals surface area contributed by atoms with Gasteiger partial charge in [0.15, 0.2) is 4.77 Å². The lowest BCUT2D eigenvalue weighted by Crippen LogP contribution is -2.40. The predicted molar refractivity (Wildman–Crippen MR) is 94.1 cm³/mol. The van der Waals surface area contributed by atoms with Crippen molar-refractivity contribution in [2.45, 2.75) is 23.7 Å². The molecule has 1 aliphatic rings. The van der Waals surface area contributed by atoms with E-state index in [1.165, 1.54) is 0 Å². The molecule has 23 heavy (non-hydrogen) atoms. The van der Waals surface area contributed by atoms with Gasteiger partial charge in [-0.3, -0.25) is 9.89 Å². The van der Waals surface area contributed by atoms with E-state index in [4.69, 9.17) is 12.2 Å². The van der Waals surface area contributed by atoms with E-state index >= 15 is 0 Å². The van der Waals surface area contributed by atoms with Crippen molar-refractivity contribution in [3.05, 3.63) is 40.9 Å². The van der Waals surface area contributed by atoms with E-state index < -0.39 is 0 Å². The van der Waals surface area contributed by atoms with Crippen molar-refractivity contribution < 1.29 is 4.79 Å². The summed E-state index contributed by atoms with van der Waals surface area (Å²) in [4.78, 5) is 15.6. The quantitative estimate of drug-likeness (QED) is 0.682. The van der Waals surface area contributed by atoms with Crippen LogP contribution in [0.1, 0.15) is 24.6 Å². The number of nitrogens with one attached hydrogen (secondary N) is 1. The lowest BCUT2D eigenvalue weighted by Gasteiger charge is -2.32. The van der Waals surface area contributed by atoms with Crippen LogP contribution in [0.25, 0.3) is 0 Å². The Morgan fingerprint density at radius 3 is 2.91 bits per heavy atom. The predicted octanol–water partition coefficient (Wildman–Crippen LogP) is 2.98. The molecule has 0 radical (unpaired) electrons. The number of amides is 1. The first kappa shape index (κ1) is 16.3. The number of hydrogen-bond donors (Lipinski definition) is 1. The number of nitrogens with zero attached hydrogens (tertiary/aromatic N) is 3. The Morgan fingerprint density at radius 1 is 1.43 bits per heavy atom. The summed E-state index contributed by atoms with van der Waals surface area (Å²) in [5.41, 5.74) is 0. The highest BCUT2D eigenvalue weighted by atomic mass is 32.2. The number of hydrogen-bond acceptors (Lipinski definition) is 4. The van der Waals surface area contributed by atoms with E-state index in [-0.39, 0.29) is 11.8 Å². The summed E-state index contributed by atoms with van der Waals surface area (Å²) in [6, 6.07) is 10.0. The van der Waals surface area contributed by atoms with Crippen LogP contribution in [0.2, 0.25) is 0 Å². The molecular weight excluding hydrogens is 328 g/mol. The molecule has 0 bridgehead atoms. The maximum atomic E-state index is 12.5. The lowest BCUT2D eigenvalue weighted by atomic mass is 9.97. The molecule has 1 unspecified atom stereocenters. The smallest absolute Gasteiger partial charge is 0.232 e. The van der Waals surface area contributed by atoms with Gasteiger partial charge >= 0.3 is 0 Å². The fourth-order valence-electron chi connectivity index (χ4n) is 2.89.